The molecule has 0 spiro atoms. The van der Waals surface area contributed by atoms with E-state index in [2.05, 4.69) is 19.8 Å². The molecule has 4 rings (SSSR count). The molecule has 4 saturated carbocycles. The van der Waals surface area contributed by atoms with E-state index in [0.717, 1.165) is 64.6 Å². The van der Waals surface area contributed by atoms with Gasteiger partial charge >= 0.3 is 0 Å². The Morgan fingerprint density at radius 3 is 2.66 bits per heavy atom. The summed E-state index contributed by atoms with van der Waals surface area (Å²) in [4.78, 5) is 13.4. The molecule has 192 valence electrons. The van der Waals surface area contributed by atoms with Crippen molar-refractivity contribution in [2.75, 3.05) is 19.8 Å². The van der Waals surface area contributed by atoms with E-state index in [1.807, 2.05) is 13.0 Å². The van der Waals surface area contributed by atoms with Crippen molar-refractivity contribution in [3.05, 3.63) is 11.8 Å². The first-order valence-electron chi connectivity index (χ1n) is 13.5. The van der Waals surface area contributed by atoms with E-state index in [1.54, 1.807) is 0 Å². The summed E-state index contributed by atoms with van der Waals surface area (Å²) >= 11 is 0. The molecular formula is C29H43N3O3. The minimum atomic E-state index is -0.561. The van der Waals surface area contributed by atoms with Gasteiger partial charge in [0.25, 0.3) is 0 Å². The number of hydrazine groups is 1. The summed E-state index contributed by atoms with van der Waals surface area (Å²) in [7, 11) is 0. The van der Waals surface area contributed by atoms with Crippen LogP contribution in [0.25, 0.3) is 0 Å². The highest BCUT2D eigenvalue weighted by Crippen LogP contribution is 2.68. The van der Waals surface area contributed by atoms with Crippen molar-refractivity contribution in [1.82, 2.24) is 5.01 Å². The summed E-state index contributed by atoms with van der Waals surface area (Å²) in [5, 5.41) is 21.2. The Morgan fingerprint density at radius 1 is 1.20 bits per heavy atom. The number of Topliss-reactive ketones (excluding diaryl/α,β-unsaturated/α-hetero) is 1. The standard InChI is InChI=1S/C29H43N3O3/c1-5-20(16-30)17-32(31)18-26(33)25-10-9-23-22-8-7-21-15-27(3,34)13-14-29(21,19-35-6-2)24(22)11-12-28(23,25)4/h1,17,21-25,34H,6-15,18-19,31H2,2-4H3/b20-17+/t21-,22+,23+,24+,25-,27-,28+,29-/m1/s1. The topological polar surface area (TPSA) is 99.6 Å². The first-order valence-corrected chi connectivity index (χ1v) is 13.5. The van der Waals surface area contributed by atoms with E-state index in [4.69, 9.17) is 22.3 Å². The first kappa shape index (κ1) is 26.2. The van der Waals surface area contributed by atoms with Gasteiger partial charge in [0.2, 0.25) is 0 Å². The maximum atomic E-state index is 13.4. The lowest BCUT2D eigenvalue weighted by Crippen LogP contribution is -2.58. The molecule has 0 radical (unpaired) electrons. The van der Waals surface area contributed by atoms with Gasteiger partial charge in [0, 0.05) is 18.7 Å². The molecule has 3 N–H and O–H groups in total. The number of ether oxygens (including phenoxy) is 1. The lowest BCUT2D eigenvalue weighted by Gasteiger charge is -2.62. The van der Waals surface area contributed by atoms with Crippen molar-refractivity contribution in [2.24, 2.45) is 46.3 Å². The zero-order chi connectivity index (χ0) is 25.4. The van der Waals surface area contributed by atoms with Crippen LogP contribution in [0.1, 0.15) is 78.6 Å². The Balaban J connectivity index is 1.53. The van der Waals surface area contributed by atoms with Crippen molar-refractivity contribution in [3.63, 3.8) is 0 Å². The van der Waals surface area contributed by atoms with Crippen LogP contribution in [0.2, 0.25) is 0 Å². The molecule has 8 atom stereocenters. The van der Waals surface area contributed by atoms with Crippen molar-refractivity contribution >= 4 is 5.78 Å². The van der Waals surface area contributed by atoms with Crippen molar-refractivity contribution in [2.45, 2.75) is 84.2 Å². The van der Waals surface area contributed by atoms with E-state index in [9.17, 15) is 9.90 Å². The molecule has 0 aliphatic heterocycles. The van der Waals surface area contributed by atoms with Gasteiger partial charge in [-0.1, -0.05) is 12.8 Å². The smallest absolute Gasteiger partial charge is 0.157 e. The van der Waals surface area contributed by atoms with Crippen molar-refractivity contribution < 1.29 is 14.6 Å². The predicted octanol–water partition coefficient (Wildman–Crippen LogP) is 4.20. The van der Waals surface area contributed by atoms with Crippen molar-refractivity contribution in [1.29, 1.82) is 5.26 Å². The lowest BCUT2D eigenvalue weighted by molar-refractivity contribution is -0.178. The maximum absolute atomic E-state index is 13.4. The second kappa shape index (κ2) is 9.89. The molecule has 0 heterocycles. The second-order valence-electron chi connectivity index (χ2n) is 12.3. The Labute approximate surface area is 211 Å². The number of ketones is 1. The summed E-state index contributed by atoms with van der Waals surface area (Å²) in [5.41, 5.74) is -0.285. The fourth-order valence-electron chi connectivity index (χ4n) is 8.94. The van der Waals surface area contributed by atoms with E-state index in [1.165, 1.54) is 17.6 Å². The summed E-state index contributed by atoms with van der Waals surface area (Å²) < 4.78 is 6.14. The number of hydrogen-bond acceptors (Lipinski definition) is 6. The SMILES string of the molecule is C#C/C(C#N)=C\N(N)CC(=O)[C@H]1CC[C@H]2[C@@H]3CC[C@@H]4C[C@](C)(O)CC[C@]4(COCC)[C@H]3CC[C@]12C. The highest BCUT2D eigenvalue weighted by molar-refractivity contribution is 5.84. The Kier molecular flexibility index (Phi) is 7.41. The molecule has 0 amide bonds. The van der Waals surface area contributed by atoms with Gasteiger partial charge in [-0.3, -0.25) is 4.79 Å². The van der Waals surface area contributed by atoms with Gasteiger partial charge < -0.3 is 14.9 Å². The molecular weight excluding hydrogens is 438 g/mol. The Hall–Kier alpha value is -1.86. The number of fused-ring (bicyclic) bond motifs is 5. The third-order valence-corrected chi connectivity index (χ3v) is 10.5. The minimum Gasteiger partial charge on any atom is -0.390 e. The van der Waals surface area contributed by atoms with E-state index in [-0.39, 0.29) is 34.6 Å². The summed E-state index contributed by atoms with van der Waals surface area (Å²) in [6, 6.07) is 1.92. The van der Waals surface area contributed by atoms with Crippen LogP contribution < -0.4 is 5.84 Å². The molecule has 6 nitrogen and oxygen atoms in total. The number of nitrogens with two attached hydrogens (primary N) is 1. The normalized spacial score (nSPS) is 42.7. The first-order chi connectivity index (χ1) is 16.6. The molecule has 4 aliphatic rings. The quantitative estimate of drug-likeness (QED) is 0.245. The number of allylic oxidation sites excluding steroid dienone is 1. The zero-order valence-corrected chi connectivity index (χ0v) is 21.8. The van der Waals surface area contributed by atoms with E-state index in [0.29, 0.717) is 23.7 Å². The van der Waals surface area contributed by atoms with Crippen LogP contribution in [0.3, 0.4) is 0 Å². The number of nitriles is 1. The average molecular weight is 482 g/mol. The molecule has 0 saturated heterocycles. The number of rotatable bonds is 7. The van der Waals surface area contributed by atoms with E-state index < -0.39 is 5.60 Å². The summed E-state index contributed by atoms with van der Waals surface area (Å²) in [6.45, 7) is 8.05. The van der Waals surface area contributed by atoms with E-state index >= 15 is 0 Å². The van der Waals surface area contributed by atoms with Crippen LogP contribution in [0, 0.1) is 64.1 Å². The van der Waals surface area contributed by atoms with Crippen LogP contribution >= 0.6 is 0 Å². The van der Waals surface area contributed by atoms with Gasteiger partial charge in [-0.2, -0.15) is 5.26 Å². The fourth-order valence-corrected chi connectivity index (χ4v) is 8.94. The molecule has 0 aromatic carbocycles. The van der Waals surface area contributed by atoms with Gasteiger partial charge in [0.05, 0.1) is 18.8 Å². The molecule has 0 aromatic heterocycles. The molecule has 0 unspecified atom stereocenters. The minimum absolute atomic E-state index is 0.00285. The number of aliphatic hydroxyl groups is 1. The Morgan fingerprint density at radius 2 is 1.97 bits per heavy atom. The monoisotopic (exact) mass is 481 g/mol. The van der Waals surface area contributed by atoms with Gasteiger partial charge in [-0.05, 0) is 106 Å². The Bertz CT molecular complexity index is 914. The fraction of sp³-hybridized carbons (Fsp3) is 0.793. The lowest BCUT2D eigenvalue weighted by atomic mass is 9.43. The molecule has 6 heteroatoms. The molecule has 0 aromatic rings. The zero-order valence-electron chi connectivity index (χ0n) is 21.8. The third-order valence-electron chi connectivity index (χ3n) is 10.5. The summed E-state index contributed by atoms with van der Waals surface area (Å²) in [6.07, 6.45) is 16.0. The molecule has 4 aliphatic carbocycles. The molecule has 4 fully saturated rings. The largest absolute Gasteiger partial charge is 0.390 e. The van der Waals surface area contributed by atoms with Crippen LogP contribution in [-0.2, 0) is 9.53 Å². The second-order valence-corrected chi connectivity index (χ2v) is 12.3. The third kappa shape index (κ3) is 4.66. The summed E-state index contributed by atoms with van der Waals surface area (Å²) in [5.74, 6) is 10.8. The number of carbonyl (C=O) groups excluding carboxylic acids is 1. The number of terminal acetylenes is 1. The van der Waals surface area contributed by atoms with Crippen LogP contribution in [-0.4, -0.2) is 41.3 Å². The van der Waals surface area contributed by atoms with Crippen LogP contribution in [0.4, 0.5) is 0 Å². The van der Waals surface area contributed by atoms with Gasteiger partial charge in [-0.25, -0.2) is 5.84 Å². The predicted molar refractivity (Wildman–Crippen MR) is 135 cm³/mol. The van der Waals surface area contributed by atoms with Gasteiger partial charge in [0.1, 0.15) is 11.6 Å². The van der Waals surface area contributed by atoms with Crippen LogP contribution in [0.5, 0.6) is 0 Å². The molecule has 0 bridgehead atoms. The highest BCUT2D eigenvalue weighted by Gasteiger charge is 2.63. The van der Waals surface area contributed by atoms with Crippen molar-refractivity contribution in [3.8, 4) is 18.4 Å². The van der Waals surface area contributed by atoms with Crippen LogP contribution in [0.15, 0.2) is 11.8 Å². The maximum Gasteiger partial charge on any atom is 0.157 e. The van der Waals surface area contributed by atoms with Gasteiger partial charge in [0.15, 0.2) is 5.78 Å². The average Bonchev–Trinajstić information content (AvgIpc) is 3.18. The number of hydrogen-bond donors (Lipinski definition) is 2. The molecule has 35 heavy (non-hydrogen) atoms. The number of carbonyl (C=O) groups is 1. The van der Waals surface area contributed by atoms with Gasteiger partial charge in [-0.15, -0.1) is 6.42 Å². The number of nitrogens with zero attached hydrogens (tertiary/aromatic N) is 2. The highest BCUT2D eigenvalue weighted by atomic mass is 16.5.